The van der Waals surface area contributed by atoms with Gasteiger partial charge in [0.25, 0.3) is 0 Å². The molecule has 8 aromatic carbocycles. The molecular weight excluding hydrogens is 1010 g/mol. The van der Waals surface area contributed by atoms with Gasteiger partial charge in [0, 0.05) is 66.0 Å². The van der Waals surface area contributed by atoms with Crippen molar-refractivity contribution in [3.05, 3.63) is 213 Å². The zero-order chi connectivity index (χ0) is 43.3. The molecule has 0 saturated heterocycles. The Morgan fingerprint density at radius 3 is 2.10 bits per heavy atom. The second-order valence-corrected chi connectivity index (χ2v) is 16.3. The van der Waals surface area contributed by atoms with Crippen LogP contribution in [0.5, 0.6) is 11.5 Å². The number of aromatic nitrogens is 4. The summed E-state index contributed by atoms with van der Waals surface area (Å²) < 4.78 is 24.5. The van der Waals surface area contributed by atoms with Crippen LogP contribution < -0.4 is 14.5 Å². The molecule has 0 aliphatic carbocycles. The Hall–Kier alpha value is -8.39. The van der Waals surface area contributed by atoms with Crippen LogP contribution in [0, 0.1) is 18.8 Å². The maximum atomic E-state index is 6.94. The number of ether oxygens (including phenoxy) is 1. The first-order valence-electron chi connectivity index (χ1n) is 21.7. The summed E-state index contributed by atoms with van der Waals surface area (Å²) in [6.45, 7) is 2.09. The number of para-hydroxylation sites is 4. The molecule has 0 unspecified atom stereocenters. The SMILES string of the molecule is [Pt].[c-]1c(N2C=CN(c3c(-c4ccccc4)cccc3-c3ccccc3)[CH-]2)cc2c(oc3ccc4c5ccccc5oc4c32)c1Oc1[c-]c2c(cc1)n1c3ccccc3nc1n2-c1ccccn1. The summed E-state index contributed by atoms with van der Waals surface area (Å²) in [5.74, 6) is 2.32. The summed E-state index contributed by atoms with van der Waals surface area (Å²) in [4.78, 5) is 14.0. The van der Waals surface area contributed by atoms with Crippen LogP contribution in [0.4, 0.5) is 11.4 Å². The number of hydrogen-bond acceptors (Lipinski definition) is 7. The number of fused-ring (bicyclic) bond motifs is 12. The normalized spacial score (nSPS) is 12.8. The fourth-order valence-corrected chi connectivity index (χ4v) is 9.59. The third kappa shape index (κ3) is 6.12. The van der Waals surface area contributed by atoms with Gasteiger partial charge >= 0.3 is 0 Å². The molecule has 0 amide bonds. The van der Waals surface area contributed by atoms with Crippen molar-refractivity contribution in [3.8, 4) is 39.6 Å². The van der Waals surface area contributed by atoms with Crippen molar-refractivity contribution in [1.29, 1.82) is 0 Å². The Kier molecular flexibility index (Phi) is 8.95. The van der Waals surface area contributed by atoms with Gasteiger partial charge in [0.05, 0.1) is 22.4 Å². The standard InChI is InChI=1S/C57H33N6O3.Pt/c1-3-14-36(15-4-1)40-19-13-20-41(37-16-5-2-6-17-37)54(40)61-31-30-60(35-61)38-32-44-53-50(28-26-43-42-18-7-10-23-49(42)65-56(43)53)66-55(44)51(33-38)64-39-25-27-47-48(34-39)63(52-24-11-12-29-58-52)57-59-45-21-8-9-22-46(45)62(47)57;/h1-32,35H;/q-3;. The van der Waals surface area contributed by atoms with E-state index in [1.807, 2.05) is 89.5 Å². The van der Waals surface area contributed by atoms with Crippen molar-refractivity contribution in [1.82, 2.24) is 18.9 Å². The molecule has 9 nitrogen and oxygen atoms in total. The van der Waals surface area contributed by atoms with Gasteiger partial charge in [0.1, 0.15) is 22.6 Å². The van der Waals surface area contributed by atoms with E-state index in [9.17, 15) is 0 Å². The summed E-state index contributed by atoms with van der Waals surface area (Å²) in [7, 11) is 0. The predicted molar refractivity (Wildman–Crippen MR) is 262 cm³/mol. The van der Waals surface area contributed by atoms with Crippen LogP contribution in [0.25, 0.3) is 99.8 Å². The Morgan fingerprint density at radius 2 is 1.30 bits per heavy atom. The van der Waals surface area contributed by atoms with E-state index in [0.29, 0.717) is 22.7 Å². The van der Waals surface area contributed by atoms with Crippen LogP contribution in [-0.2, 0) is 21.1 Å². The molecule has 67 heavy (non-hydrogen) atoms. The van der Waals surface area contributed by atoms with Gasteiger partial charge in [-0.1, -0.05) is 121 Å². The number of pyridine rings is 1. The number of benzene rings is 8. The van der Waals surface area contributed by atoms with E-state index in [1.165, 1.54) is 0 Å². The fourth-order valence-electron chi connectivity index (χ4n) is 9.59. The maximum absolute atomic E-state index is 6.94. The van der Waals surface area contributed by atoms with Gasteiger partial charge in [-0.3, -0.25) is 4.57 Å². The average molecular weight is 1050 g/mol. The van der Waals surface area contributed by atoms with Crippen LogP contribution in [0.3, 0.4) is 0 Å². The molecule has 0 bridgehead atoms. The average Bonchev–Trinajstić information content (AvgIpc) is 4.21. The molecule has 1 aliphatic heterocycles. The minimum Gasteiger partial charge on any atom is -0.512 e. The first-order valence-corrected chi connectivity index (χ1v) is 21.7. The Labute approximate surface area is 397 Å². The second-order valence-electron chi connectivity index (χ2n) is 16.3. The van der Waals surface area contributed by atoms with Gasteiger partial charge < -0.3 is 27.8 Å². The molecule has 0 atom stereocenters. The van der Waals surface area contributed by atoms with E-state index in [4.69, 9.17) is 23.5 Å². The van der Waals surface area contributed by atoms with E-state index in [0.717, 1.165) is 100 Å². The summed E-state index contributed by atoms with van der Waals surface area (Å²) in [6, 6.07) is 67.0. The summed E-state index contributed by atoms with van der Waals surface area (Å²) in [6.07, 6.45) is 5.92. The van der Waals surface area contributed by atoms with E-state index in [-0.39, 0.29) is 21.1 Å². The molecule has 0 radical (unpaired) electrons. The molecule has 10 heteroatoms. The molecular formula is C57H33N6O3Pt-3. The largest absolute Gasteiger partial charge is 0.512 e. The molecule has 322 valence electrons. The molecule has 6 heterocycles. The molecule has 0 spiro atoms. The van der Waals surface area contributed by atoms with E-state index >= 15 is 0 Å². The number of furan rings is 2. The summed E-state index contributed by atoms with van der Waals surface area (Å²) in [5, 5.41) is 3.74. The molecule has 0 saturated carbocycles. The number of nitrogens with zero attached hydrogens (tertiary/aromatic N) is 6. The van der Waals surface area contributed by atoms with E-state index in [2.05, 4.69) is 136 Å². The van der Waals surface area contributed by atoms with Crippen molar-refractivity contribution in [2.75, 3.05) is 9.80 Å². The van der Waals surface area contributed by atoms with Crippen molar-refractivity contribution in [2.24, 2.45) is 0 Å². The smallest absolute Gasteiger partial charge is 0.208 e. The molecule has 0 fully saturated rings. The van der Waals surface area contributed by atoms with Crippen LogP contribution in [0.2, 0.25) is 0 Å². The maximum Gasteiger partial charge on any atom is 0.208 e. The molecule has 5 aromatic heterocycles. The van der Waals surface area contributed by atoms with Gasteiger partial charge in [-0.05, 0) is 77.0 Å². The van der Waals surface area contributed by atoms with Crippen molar-refractivity contribution < 1.29 is 34.6 Å². The summed E-state index contributed by atoms with van der Waals surface area (Å²) >= 11 is 0. The number of imidazole rings is 2. The van der Waals surface area contributed by atoms with Gasteiger partial charge in [-0.25, -0.2) is 9.97 Å². The van der Waals surface area contributed by atoms with Gasteiger partial charge in [-0.2, -0.15) is 0 Å². The van der Waals surface area contributed by atoms with Gasteiger partial charge in [0.15, 0.2) is 0 Å². The first kappa shape index (κ1) is 39.0. The summed E-state index contributed by atoms with van der Waals surface area (Å²) in [5.41, 5.74) is 12.6. The molecule has 0 N–H and O–H groups in total. The van der Waals surface area contributed by atoms with Crippen LogP contribution >= 0.6 is 0 Å². The molecule has 14 rings (SSSR count). The minimum atomic E-state index is 0. The number of hydrogen-bond donors (Lipinski definition) is 0. The Balaban J connectivity index is 0.00000446. The molecule has 1 aliphatic rings. The van der Waals surface area contributed by atoms with E-state index < -0.39 is 0 Å². The second kappa shape index (κ2) is 15.4. The first-order chi connectivity index (χ1) is 32.7. The van der Waals surface area contributed by atoms with Crippen molar-refractivity contribution >= 4 is 83.1 Å². The Morgan fingerprint density at radius 1 is 0.567 bits per heavy atom. The predicted octanol–water partition coefficient (Wildman–Crippen LogP) is 14.3. The zero-order valence-corrected chi connectivity index (χ0v) is 37.5. The number of rotatable bonds is 7. The van der Waals surface area contributed by atoms with E-state index in [1.54, 1.807) is 6.20 Å². The minimum absolute atomic E-state index is 0. The monoisotopic (exact) mass is 1040 g/mol. The van der Waals surface area contributed by atoms with Crippen molar-refractivity contribution in [2.45, 2.75) is 0 Å². The number of anilines is 2. The third-order valence-electron chi connectivity index (χ3n) is 12.5. The topological polar surface area (TPSA) is 77.1 Å². The third-order valence-corrected chi connectivity index (χ3v) is 12.5. The molecule has 13 aromatic rings. The quantitative estimate of drug-likeness (QED) is 0.147. The fraction of sp³-hybridized carbons (Fsp3) is 0. The van der Waals surface area contributed by atoms with Gasteiger partial charge in [-0.15, -0.1) is 42.7 Å². The van der Waals surface area contributed by atoms with Crippen LogP contribution in [0.15, 0.2) is 203 Å². The van der Waals surface area contributed by atoms with Gasteiger partial charge in [0.2, 0.25) is 5.78 Å². The van der Waals surface area contributed by atoms with Crippen LogP contribution in [-0.4, -0.2) is 18.9 Å². The van der Waals surface area contributed by atoms with Crippen molar-refractivity contribution in [3.63, 3.8) is 0 Å². The zero-order valence-electron chi connectivity index (χ0n) is 35.3. The van der Waals surface area contributed by atoms with Crippen LogP contribution in [0.1, 0.15) is 0 Å². The Bertz CT molecular complexity index is 4020.